The number of aliphatic carboxylic acids is 1. The van der Waals surface area contributed by atoms with E-state index < -0.39 is 12.0 Å². The molecule has 0 aromatic heterocycles. The first-order valence-corrected chi connectivity index (χ1v) is 5.42. The summed E-state index contributed by atoms with van der Waals surface area (Å²) in [6, 6.07) is 8.43. The number of para-hydroxylation sites is 1. The standard InChI is InChI=1S/C13H12N2O3/c16-12(17)11-8-4-5-9-15(11)13(18)14-10-6-2-1-3-7-10/h1-8H,9H2,(H,14,18)(H,16,17). The van der Waals surface area contributed by atoms with E-state index in [4.69, 9.17) is 5.11 Å². The van der Waals surface area contributed by atoms with E-state index in [-0.39, 0.29) is 12.2 Å². The zero-order chi connectivity index (χ0) is 13.0. The van der Waals surface area contributed by atoms with Crippen molar-refractivity contribution in [2.45, 2.75) is 0 Å². The topological polar surface area (TPSA) is 69.6 Å². The lowest BCUT2D eigenvalue weighted by atomic mass is 10.2. The molecule has 0 bridgehead atoms. The summed E-state index contributed by atoms with van der Waals surface area (Å²) >= 11 is 0. The summed E-state index contributed by atoms with van der Waals surface area (Å²) in [5.74, 6) is -1.12. The lowest BCUT2D eigenvalue weighted by molar-refractivity contribution is -0.134. The van der Waals surface area contributed by atoms with Crippen molar-refractivity contribution in [3.05, 3.63) is 54.3 Å². The third-order valence-electron chi connectivity index (χ3n) is 2.46. The number of rotatable bonds is 2. The van der Waals surface area contributed by atoms with Crippen LogP contribution < -0.4 is 5.32 Å². The Kier molecular flexibility index (Phi) is 3.43. The van der Waals surface area contributed by atoms with Crippen LogP contribution in [0.1, 0.15) is 0 Å². The zero-order valence-electron chi connectivity index (χ0n) is 9.54. The molecule has 5 heteroatoms. The van der Waals surface area contributed by atoms with Crippen LogP contribution >= 0.6 is 0 Å². The van der Waals surface area contributed by atoms with E-state index in [9.17, 15) is 9.59 Å². The molecule has 92 valence electrons. The molecular formula is C13H12N2O3. The second kappa shape index (κ2) is 5.18. The van der Waals surface area contributed by atoms with Gasteiger partial charge in [-0.25, -0.2) is 9.59 Å². The number of carboxylic acids is 1. The van der Waals surface area contributed by atoms with Crippen LogP contribution in [0.3, 0.4) is 0 Å². The number of carboxylic acid groups (broad SMARTS) is 1. The first-order chi connectivity index (χ1) is 8.68. The monoisotopic (exact) mass is 244 g/mol. The maximum atomic E-state index is 12.0. The lowest BCUT2D eigenvalue weighted by Crippen LogP contribution is -2.38. The summed E-state index contributed by atoms with van der Waals surface area (Å²) in [5, 5.41) is 11.6. The summed E-state index contributed by atoms with van der Waals surface area (Å²) in [5.41, 5.74) is 0.590. The van der Waals surface area contributed by atoms with Crippen molar-refractivity contribution in [2.24, 2.45) is 0 Å². The van der Waals surface area contributed by atoms with E-state index in [0.717, 1.165) is 0 Å². The molecule has 2 N–H and O–H groups in total. The van der Waals surface area contributed by atoms with Crippen molar-refractivity contribution in [3.8, 4) is 0 Å². The van der Waals surface area contributed by atoms with Gasteiger partial charge in [-0.1, -0.05) is 30.4 Å². The van der Waals surface area contributed by atoms with Crippen LogP contribution in [-0.4, -0.2) is 28.6 Å². The van der Waals surface area contributed by atoms with Gasteiger partial charge < -0.3 is 10.4 Å². The fourth-order valence-corrected chi connectivity index (χ4v) is 1.61. The Hall–Kier alpha value is -2.56. The van der Waals surface area contributed by atoms with Gasteiger partial charge in [0, 0.05) is 12.2 Å². The Morgan fingerprint density at radius 2 is 1.94 bits per heavy atom. The van der Waals surface area contributed by atoms with E-state index in [1.807, 2.05) is 6.07 Å². The smallest absolute Gasteiger partial charge is 0.352 e. The van der Waals surface area contributed by atoms with Gasteiger partial charge in [-0.15, -0.1) is 0 Å². The lowest BCUT2D eigenvalue weighted by Gasteiger charge is -2.23. The Labute approximate surface area is 104 Å². The Morgan fingerprint density at radius 1 is 1.22 bits per heavy atom. The number of hydrogen-bond donors (Lipinski definition) is 2. The molecule has 0 saturated carbocycles. The molecule has 0 atom stereocenters. The molecule has 2 rings (SSSR count). The van der Waals surface area contributed by atoms with Crippen molar-refractivity contribution in [2.75, 3.05) is 11.9 Å². The van der Waals surface area contributed by atoms with Gasteiger partial charge in [-0.05, 0) is 18.2 Å². The summed E-state index contributed by atoms with van der Waals surface area (Å²) in [6.07, 6.45) is 4.74. The number of nitrogens with one attached hydrogen (secondary N) is 1. The van der Waals surface area contributed by atoms with Crippen LogP contribution in [0.15, 0.2) is 54.3 Å². The normalized spacial score (nSPS) is 14.0. The van der Waals surface area contributed by atoms with Gasteiger partial charge in [0.15, 0.2) is 0 Å². The quantitative estimate of drug-likeness (QED) is 0.836. The second-order valence-electron chi connectivity index (χ2n) is 3.69. The van der Waals surface area contributed by atoms with E-state index >= 15 is 0 Å². The number of benzene rings is 1. The molecule has 0 unspecified atom stereocenters. The highest BCUT2D eigenvalue weighted by molar-refractivity contribution is 5.98. The molecule has 1 aromatic carbocycles. The molecule has 0 saturated heterocycles. The van der Waals surface area contributed by atoms with Crippen LogP contribution in [-0.2, 0) is 4.79 Å². The molecule has 1 aliphatic rings. The zero-order valence-corrected chi connectivity index (χ0v) is 9.54. The van der Waals surface area contributed by atoms with Crippen LogP contribution in [0.5, 0.6) is 0 Å². The number of carbonyl (C=O) groups is 2. The van der Waals surface area contributed by atoms with Crippen LogP contribution in [0, 0.1) is 0 Å². The number of amides is 2. The van der Waals surface area contributed by atoms with E-state index in [2.05, 4.69) is 5.32 Å². The third kappa shape index (κ3) is 2.57. The number of nitrogens with zero attached hydrogens (tertiary/aromatic N) is 1. The molecule has 0 spiro atoms. The van der Waals surface area contributed by atoms with E-state index in [1.54, 1.807) is 36.4 Å². The number of urea groups is 1. The molecular weight excluding hydrogens is 232 g/mol. The van der Waals surface area contributed by atoms with Crippen molar-refractivity contribution in [3.63, 3.8) is 0 Å². The largest absolute Gasteiger partial charge is 0.477 e. The third-order valence-corrected chi connectivity index (χ3v) is 2.46. The highest BCUT2D eigenvalue weighted by Gasteiger charge is 2.23. The van der Waals surface area contributed by atoms with Crippen LogP contribution in [0.25, 0.3) is 0 Å². The van der Waals surface area contributed by atoms with Gasteiger partial charge >= 0.3 is 12.0 Å². The molecule has 18 heavy (non-hydrogen) atoms. The van der Waals surface area contributed by atoms with Gasteiger partial charge in [0.25, 0.3) is 0 Å². The highest BCUT2D eigenvalue weighted by atomic mass is 16.4. The first kappa shape index (κ1) is 11.9. The average Bonchev–Trinajstić information content (AvgIpc) is 2.40. The minimum absolute atomic E-state index is 0.0362. The second-order valence-corrected chi connectivity index (χ2v) is 3.69. The molecule has 5 nitrogen and oxygen atoms in total. The number of anilines is 1. The van der Waals surface area contributed by atoms with Crippen molar-refractivity contribution < 1.29 is 14.7 Å². The first-order valence-electron chi connectivity index (χ1n) is 5.42. The summed E-state index contributed by atoms with van der Waals surface area (Å²) in [4.78, 5) is 24.1. The average molecular weight is 244 g/mol. The predicted molar refractivity (Wildman–Crippen MR) is 67.0 cm³/mol. The summed E-state index contributed by atoms with van der Waals surface area (Å²) in [7, 11) is 0. The summed E-state index contributed by atoms with van der Waals surface area (Å²) < 4.78 is 0. The number of hydrogen-bond acceptors (Lipinski definition) is 2. The van der Waals surface area contributed by atoms with Gasteiger partial charge in [-0.3, -0.25) is 4.90 Å². The van der Waals surface area contributed by atoms with E-state index in [0.29, 0.717) is 5.69 Å². The maximum absolute atomic E-state index is 12.0. The number of carbonyl (C=O) groups excluding carboxylic acids is 1. The van der Waals surface area contributed by atoms with Crippen molar-refractivity contribution >= 4 is 17.7 Å². The highest BCUT2D eigenvalue weighted by Crippen LogP contribution is 2.13. The van der Waals surface area contributed by atoms with Gasteiger partial charge in [0.2, 0.25) is 0 Å². The Balaban J connectivity index is 2.12. The predicted octanol–water partition coefficient (Wildman–Crippen LogP) is 2.06. The fourth-order valence-electron chi connectivity index (χ4n) is 1.61. The molecule has 1 aliphatic heterocycles. The minimum Gasteiger partial charge on any atom is -0.477 e. The number of allylic oxidation sites excluding steroid dienone is 2. The molecule has 0 radical (unpaired) electrons. The van der Waals surface area contributed by atoms with Gasteiger partial charge in [0.05, 0.1) is 0 Å². The van der Waals surface area contributed by atoms with Crippen molar-refractivity contribution in [1.29, 1.82) is 0 Å². The maximum Gasteiger partial charge on any atom is 0.352 e. The molecule has 0 aliphatic carbocycles. The van der Waals surface area contributed by atoms with E-state index in [1.165, 1.54) is 11.0 Å². The van der Waals surface area contributed by atoms with Gasteiger partial charge in [0.1, 0.15) is 5.70 Å². The van der Waals surface area contributed by atoms with Gasteiger partial charge in [-0.2, -0.15) is 0 Å². The molecule has 2 amide bonds. The SMILES string of the molecule is O=C(O)C1=CC=CCN1C(=O)Nc1ccccc1. The molecule has 0 fully saturated rings. The van der Waals surface area contributed by atoms with Crippen LogP contribution in [0.4, 0.5) is 10.5 Å². The molecule has 1 aromatic rings. The Bertz CT molecular complexity index is 520. The Morgan fingerprint density at radius 3 is 2.61 bits per heavy atom. The minimum atomic E-state index is -1.12. The fraction of sp³-hybridized carbons (Fsp3) is 0.0769. The molecule has 1 heterocycles. The summed E-state index contributed by atoms with van der Waals surface area (Å²) in [6.45, 7) is 0.247. The van der Waals surface area contributed by atoms with Crippen molar-refractivity contribution in [1.82, 2.24) is 4.90 Å². The van der Waals surface area contributed by atoms with Crippen LogP contribution in [0.2, 0.25) is 0 Å².